The van der Waals surface area contributed by atoms with Gasteiger partial charge in [0, 0.05) is 0 Å². The van der Waals surface area contributed by atoms with Gasteiger partial charge in [0.25, 0.3) is 11.8 Å². The lowest BCUT2D eigenvalue weighted by Crippen LogP contribution is -2.36. The molecule has 1 aliphatic heterocycles. The van der Waals surface area contributed by atoms with Crippen molar-refractivity contribution in [2.75, 3.05) is 0 Å². The average Bonchev–Trinajstić information content (AvgIpc) is 3.26. The molecule has 0 radical (unpaired) electrons. The summed E-state index contributed by atoms with van der Waals surface area (Å²) in [4.78, 5) is 41.7. The molecular weight excluding hydrogens is 282 g/mol. The van der Waals surface area contributed by atoms with Crippen molar-refractivity contribution in [1.82, 2.24) is 5.06 Å². The van der Waals surface area contributed by atoms with E-state index in [0.717, 1.165) is 25.7 Å². The maximum absolute atomic E-state index is 12.3. The fourth-order valence-corrected chi connectivity index (χ4v) is 3.56. The van der Waals surface area contributed by atoms with Crippen molar-refractivity contribution < 1.29 is 19.2 Å². The lowest BCUT2D eigenvalue weighted by molar-refractivity contribution is -0.175. The second kappa shape index (κ2) is 4.66. The fraction of sp³-hybridized carbons (Fsp3) is 0.471. The van der Waals surface area contributed by atoms with Crippen LogP contribution >= 0.6 is 0 Å². The van der Waals surface area contributed by atoms with Crippen LogP contribution in [0.5, 0.6) is 0 Å². The molecule has 1 heterocycles. The lowest BCUT2D eigenvalue weighted by Gasteiger charge is -2.27. The summed E-state index contributed by atoms with van der Waals surface area (Å²) in [6, 6.07) is 6.51. The second-order valence-electron chi connectivity index (χ2n) is 6.63. The Morgan fingerprint density at radius 1 is 1.00 bits per heavy atom. The Hall–Kier alpha value is -2.17. The highest BCUT2D eigenvalue weighted by Crippen LogP contribution is 2.57. The Morgan fingerprint density at radius 2 is 1.55 bits per heavy atom. The van der Waals surface area contributed by atoms with Gasteiger partial charge in [-0.1, -0.05) is 17.2 Å². The van der Waals surface area contributed by atoms with Crippen molar-refractivity contribution in [2.24, 2.45) is 11.3 Å². The Bertz CT molecular complexity index is 632. The number of amides is 2. The number of imide groups is 1. The van der Waals surface area contributed by atoms with Crippen LogP contribution in [0.25, 0.3) is 0 Å². The predicted octanol–water partition coefficient (Wildman–Crippen LogP) is 2.71. The van der Waals surface area contributed by atoms with E-state index in [9.17, 15) is 14.4 Å². The summed E-state index contributed by atoms with van der Waals surface area (Å²) in [5, 5.41) is 0.620. The third kappa shape index (κ3) is 2.03. The average molecular weight is 299 g/mol. The van der Waals surface area contributed by atoms with E-state index in [1.807, 2.05) is 0 Å². The van der Waals surface area contributed by atoms with Crippen molar-refractivity contribution in [3.8, 4) is 0 Å². The summed E-state index contributed by atoms with van der Waals surface area (Å²) >= 11 is 0. The molecule has 1 aromatic carbocycles. The normalized spacial score (nSPS) is 22.8. The molecule has 22 heavy (non-hydrogen) atoms. The molecule has 2 amide bonds. The van der Waals surface area contributed by atoms with Gasteiger partial charge in [-0.25, -0.2) is 4.79 Å². The van der Waals surface area contributed by atoms with E-state index in [-0.39, 0.29) is 5.92 Å². The number of hydroxylamine groups is 2. The van der Waals surface area contributed by atoms with Crippen LogP contribution in [0.3, 0.4) is 0 Å². The van der Waals surface area contributed by atoms with Crippen LogP contribution in [0.1, 0.15) is 59.2 Å². The summed E-state index contributed by atoms with van der Waals surface area (Å²) in [7, 11) is 0. The number of hydrogen-bond acceptors (Lipinski definition) is 4. The molecule has 1 aromatic rings. The van der Waals surface area contributed by atoms with Gasteiger partial charge in [0.2, 0.25) is 0 Å². The fourth-order valence-electron chi connectivity index (χ4n) is 3.56. The van der Waals surface area contributed by atoms with Gasteiger partial charge in [-0.15, -0.1) is 0 Å². The van der Waals surface area contributed by atoms with Gasteiger partial charge in [-0.05, 0) is 56.1 Å². The molecule has 5 nitrogen and oxygen atoms in total. The number of benzene rings is 1. The van der Waals surface area contributed by atoms with Crippen molar-refractivity contribution in [3.63, 3.8) is 0 Å². The minimum atomic E-state index is -0.552. The molecule has 114 valence electrons. The van der Waals surface area contributed by atoms with Crippen LogP contribution in [-0.2, 0) is 9.63 Å². The molecule has 2 aliphatic carbocycles. The first-order valence-corrected chi connectivity index (χ1v) is 7.79. The summed E-state index contributed by atoms with van der Waals surface area (Å²) < 4.78 is 0. The van der Waals surface area contributed by atoms with E-state index in [2.05, 4.69) is 0 Å². The van der Waals surface area contributed by atoms with E-state index in [1.165, 1.54) is 12.8 Å². The van der Waals surface area contributed by atoms with E-state index in [4.69, 9.17) is 4.84 Å². The minimum absolute atomic E-state index is 0.199. The Kier molecular flexibility index (Phi) is 2.86. The maximum atomic E-state index is 12.3. The molecule has 2 saturated carbocycles. The van der Waals surface area contributed by atoms with Crippen LogP contribution in [0.15, 0.2) is 24.3 Å². The van der Waals surface area contributed by atoms with Crippen molar-refractivity contribution >= 4 is 17.8 Å². The van der Waals surface area contributed by atoms with Gasteiger partial charge >= 0.3 is 5.97 Å². The van der Waals surface area contributed by atoms with Crippen LogP contribution in [-0.4, -0.2) is 22.8 Å². The number of fused-ring (bicyclic) bond motifs is 1. The minimum Gasteiger partial charge on any atom is -0.329 e. The molecule has 2 fully saturated rings. The quantitative estimate of drug-likeness (QED) is 0.788. The molecule has 3 aliphatic rings. The van der Waals surface area contributed by atoms with Crippen LogP contribution in [0, 0.1) is 11.3 Å². The number of nitrogens with zero attached hydrogens (tertiary/aromatic N) is 1. The van der Waals surface area contributed by atoms with Crippen LogP contribution < -0.4 is 0 Å². The lowest BCUT2D eigenvalue weighted by atomic mass is 9.80. The monoisotopic (exact) mass is 299 g/mol. The zero-order valence-corrected chi connectivity index (χ0v) is 12.2. The summed E-state index contributed by atoms with van der Waals surface area (Å²) in [6.07, 6.45) is 6.23. The van der Waals surface area contributed by atoms with E-state index < -0.39 is 17.8 Å². The van der Waals surface area contributed by atoms with Gasteiger partial charge in [0.1, 0.15) is 0 Å². The van der Waals surface area contributed by atoms with Gasteiger partial charge in [0.15, 0.2) is 0 Å². The number of carbonyl (C=O) groups is 3. The van der Waals surface area contributed by atoms with Gasteiger partial charge < -0.3 is 4.84 Å². The largest absolute Gasteiger partial charge is 0.336 e. The van der Waals surface area contributed by atoms with Crippen LogP contribution in [0.2, 0.25) is 0 Å². The smallest absolute Gasteiger partial charge is 0.329 e. The third-order valence-corrected chi connectivity index (χ3v) is 5.27. The van der Waals surface area contributed by atoms with Crippen molar-refractivity contribution in [2.45, 2.75) is 38.5 Å². The Morgan fingerprint density at radius 3 is 2.05 bits per heavy atom. The van der Waals surface area contributed by atoms with E-state index >= 15 is 0 Å². The standard InChI is InChI=1S/C17H17NO4/c19-14-12-3-1-2-4-13(12)15(20)18(14)22-16(21)11-5-7-17(8-6-11)9-10-17/h1-4,11H,5-10H2. The molecular formula is C17H17NO4. The first-order chi connectivity index (χ1) is 10.6. The summed E-state index contributed by atoms with van der Waals surface area (Å²) in [5.74, 6) is -1.76. The molecule has 0 saturated heterocycles. The summed E-state index contributed by atoms with van der Waals surface area (Å²) in [6.45, 7) is 0. The van der Waals surface area contributed by atoms with Crippen molar-refractivity contribution in [1.29, 1.82) is 0 Å². The Labute approximate surface area is 128 Å². The molecule has 5 heteroatoms. The van der Waals surface area contributed by atoms with Gasteiger partial charge in [-0.3, -0.25) is 9.59 Å². The van der Waals surface area contributed by atoms with Crippen LogP contribution in [0.4, 0.5) is 0 Å². The number of hydrogen-bond donors (Lipinski definition) is 0. The highest BCUT2D eigenvalue weighted by atomic mass is 16.7. The zero-order valence-electron chi connectivity index (χ0n) is 12.2. The first-order valence-electron chi connectivity index (χ1n) is 7.79. The SMILES string of the molecule is O=C(ON1C(=O)c2ccccc2C1=O)C1CCC2(CC1)CC2. The number of rotatable bonds is 2. The maximum Gasteiger partial charge on any atom is 0.336 e. The first kappa shape index (κ1) is 13.5. The molecule has 0 aromatic heterocycles. The predicted molar refractivity (Wildman–Crippen MR) is 76.7 cm³/mol. The second-order valence-corrected chi connectivity index (χ2v) is 6.63. The van der Waals surface area contributed by atoms with Gasteiger partial charge in [-0.2, -0.15) is 0 Å². The highest BCUT2D eigenvalue weighted by molar-refractivity contribution is 6.20. The van der Waals surface area contributed by atoms with E-state index in [1.54, 1.807) is 24.3 Å². The molecule has 0 atom stereocenters. The molecule has 1 spiro atoms. The number of carbonyl (C=O) groups excluding carboxylic acids is 3. The molecule has 0 bridgehead atoms. The molecule has 4 rings (SSSR count). The van der Waals surface area contributed by atoms with E-state index in [0.29, 0.717) is 21.6 Å². The Balaban J connectivity index is 1.44. The highest BCUT2D eigenvalue weighted by Gasteiger charge is 2.47. The van der Waals surface area contributed by atoms with Crippen molar-refractivity contribution in [3.05, 3.63) is 35.4 Å². The molecule has 0 N–H and O–H groups in total. The zero-order chi connectivity index (χ0) is 15.3. The third-order valence-electron chi connectivity index (χ3n) is 5.27. The van der Waals surface area contributed by atoms with Gasteiger partial charge in [0.05, 0.1) is 17.0 Å². The molecule has 0 unspecified atom stereocenters. The summed E-state index contributed by atoms with van der Waals surface area (Å²) in [5.41, 5.74) is 1.08. The topological polar surface area (TPSA) is 63.7 Å².